The number of carboxylic acids is 1. The summed E-state index contributed by atoms with van der Waals surface area (Å²) in [5, 5.41) is 7.62. The molecule has 1 aromatic heterocycles. The minimum absolute atomic E-state index is 0.523. The molecule has 0 bridgehead atoms. The average molecular weight is 306 g/mol. The molecule has 19 heavy (non-hydrogen) atoms. The van der Waals surface area contributed by atoms with Crippen LogP contribution in [0.5, 0.6) is 5.88 Å². The summed E-state index contributed by atoms with van der Waals surface area (Å²) in [5.74, 6) is -2.69. The van der Waals surface area contributed by atoms with E-state index in [0.717, 1.165) is 0 Å². The van der Waals surface area contributed by atoms with E-state index in [1.165, 1.54) is 0 Å². The second-order valence-electron chi connectivity index (χ2n) is 3.25. The molecular weight excluding hydrogens is 301 g/mol. The molecule has 0 saturated heterocycles. The van der Waals surface area contributed by atoms with Crippen molar-refractivity contribution < 1.29 is 36.6 Å². The standard InChI is InChI=1S/C9H5ClF5NO3/c10-6-4(7(11)12)1-3(2-5(17)18)8(16-6)19-9(13,14)15/h1,7H,2H2,(H,17,18). The molecule has 1 aromatic rings. The molecule has 1 N–H and O–H groups in total. The van der Waals surface area contributed by atoms with E-state index in [2.05, 4.69) is 9.72 Å². The lowest BCUT2D eigenvalue weighted by Crippen LogP contribution is -2.20. The highest BCUT2D eigenvalue weighted by molar-refractivity contribution is 6.30. The van der Waals surface area contributed by atoms with Crippen molar-refractivity contribution >= 4 is 17.6 Å². The molecule has 0 unspecified atom stereocenters. The maximum Gasteiger partial charge on any atom is 0.574 e. The number of nitrogens with zero attached hydrogens (tertiary/aromatic N) is 1. The van der Waals surface area contributed by atoms with Crippen LogP contribution in [-0.2, 0) is 11.2 Å². The summed E-state index contributed by atoms with van der Waals surface area (Å²) in [7, 11) is 0. The summed E-state index contributed by atoms with van der Waals surface area (Å²) in [5.41, 5.74) is -1.52. The molecule has 0 aliphatic carbocycles. The van der Waals surface area contributed by atoms with Crippen molar-refractivity contribution in [3.63, 3.8) is 0 Å². The zero-order valence-corrected chi connectivity index (χ0v) is 9.60. The van der Waals surface area contributed by atoms with Crippen LogP contribution in [0.3, 0.4) is 0 Å². The molecule has 0 fully saturated rings. The van der Waals surface area contributed by atoms with Gasteiger partial charge in [0.2, 0.25) is 5.88 Å². The van der Waals surface area contributed by atoms with Gasteiger partial charge in [0.15, 0.2) is 0 Å². The fourth-order valence-corrected chi connectivity index (χ4v) is 1.39. The van der Waals surface area contributed by atoms with Crippen LogP contribution in [0.4, 0.5) is 22.0 Å². The SMILES string of the molecule is O=C(O)Cc1cc(C(F)F)c(Cl)nc1OC(F)(F)F. The van der Waals surface area contributed by atoms with Crippen LogP contribution in [0.15, 0.2) is 6.07 Å². The Kier molecular flexibility index (Phi) is 4.51. The van der Waals surface area contributed by atoms with E-state index >= 15 is 0 Å². The number of alkyl halides is 5. The first-order valence-corrected chi connectivity index (χ1v) is 4.93. The molecule has 0 atom stereocenters. The highest BCUT2D eigenvalue weighted by Gasteiger charge is 2.34. The van der Waals surface area contributed by atoms with Gasteiger partial charge < -0.3 is 9.84 Å². The number of carboxylic acid groups (broad SMARTS) is 1. The lowest BCUT2D eigenvalue weighted by molar-refractivity contribution is -0.276. The maximum atomic E-state index is 12.5. The van der Waals surface area contributed by atoms with Gasteiger partial charge in [0.25, 0.3) is 6.43 Å². The van der Waals surface area contributed by atoms with Crippen molar-refractivity contribution in [3.8, 4) is 5.88 Å². The number of carbonyl (C=O) groups is 1. The van der Waals surface area contributed by atoms with Gasteiger partial charge in [-0.3, -0.25) is 4.79 Å². The minimum atomic E-state index is -5.14. The Morgan fingerprint density at radius 1 is 1.47 bits per heavy atom. The Morgan fingerprint density at radius 2 is 2.05 bits per heavy atom. The van der Waals surface area contributed by atoms with Crippen LogP contribution in [0.1, 0.15) is 17.6 Å². The molecule has 10 heteroatoms. The van der Waals surface area contributed by atoms with Crippen LogP contribution in [0.2, 0.25) is 5.15 Å². The summed E-state index contributed by atoms with van der Waals surface area (Å²) in [6.07, 6.45) is -9.21. The van der Waals surface area contributed by atoms with Crippen molar-refractivity contribution in [2.45, 2.75) is 19.2 Å². The van der Waals surface area contributed by atoms with Gasteiger partial charge in [-0.05, 0) is 6.07 Å². The van der Waals surface area contributed by atoms with E-state index in [1.54, 1.807) is 0 Å². The number of hydrogen-bond acceptors (Lipinski definition) is 3. The molecule has 0 amide bonds. The summed E-state index contributed by atoms with van der Waals surface area (Å²) in [6, 6.07) is 0.523. The highest BCUT2D eigenvalue weighted by atomic mass is 35.5. The number of ether oxygens (including phenoxy) is 1. The number of aliphatic carboxylic acids is 1. The quantitative estimate of drug-likeness (QED) is 0.685. The topological polar surface area (TPSA) is 59.4 Å². The van der Waals surface area contributed by atoms with Crippen molar-refractivity contribution in [2.75, 3.05) is 0 Å². The van der Waals surface area contributed by atoms with Crippen LogP contribution < -0.4 is 4.74 Å². The molecule has 0 spiro atoms. The van der Waals surface area contributed by atoms with Gasteiger partial charge >= 0.3 is 12.3 Å². The van der Waals surface area contributed by atoms with Gasteiger partial charge in [0.1, 0.15) is 5.15 Å². The number of rotatable bonds is 4. The van der Waals surface area contributed by atoms with E-state index in [0.29, 0.717) is 6.07 Å². The molecule has 0 radical (unpaired) electrons. The Labute approximate surface area is 107 Å². The molecule has 4 nitrogen and oxygen atoms in total. The van der Waals surface area contributed by atoms with Crippen molar-refractivity contribution in [2.24, 2.45) is 0 Å². The summed E-state index contributed by atoms with van der Waals surface area (Å²) < 4.78 is 64.6. The molecule has 0 aromatic carbocycles. The normalized spacial score (nSPS) is 11.7. The monoisotopic (exact) mass is 305 g/mol. The number of halogens is 6. The third-order valence-corrected chi connectivity index (χ3v) is 2.13. The zero-order chi connectivity index (χ0) is 14.8. The van der Waals surface area contributed by atoms with Crippen LogP contribution in [-0.4, -0.2) is 22.4 Å². The first kappa shape index (κ1) is 15.4. The zero-order valence-electron chi connectivity index (χ0n) is 8.84. The van der Waals surface area contributed by atoms with E-state index in [4.69, 9.17) is 16.7 Å². The van der Waals surface area contributed by atoms with Gasteiger partial charge in [-0.1, -0.05) is 11.6 Å². The maximum absolute atomic E-state index is 12.5. The smallest absolute Gasteiger partial charge is 0.481 e. The van der Waals surface area contributed by atoms with Gasteiger partial charge in [-0.15, -0.1) is 13.2 Å². The number of pyridine rings is 1. The van der Waals surface area contributed by atoms with Crippen LogP contribution in [0, 0.1) is 0 Å². The second kappa shape index (κ2) is 5.55. The number of aromatic nitrogens is 1. The van der Waals surface area contributed by atoms with Crippen LogP contribution >= 0.6 is 11.6 Å². The average Bonchev–Trinajstić information content (AvgIpc) is 2.18. The first-order valence-electron chi connectivity index (χ1n) is 4.55. The van der Waals surface area contributed by atoms with E-state index < -0.39 is 47.3 Å². The third-order valence-electron chi connectivity index (χ3n) is 1.83. The van der Waals surface area contributed by atoms with Crippen molar-refractivity contribution in [1.29, 1.82) is 0 Å². The van der Waals surface area contributed by atoms with E-state index in [-0.39, 0.29) is 0 Å². The third kappa shape index (κ3) is 4.51. The summed E-state index contributed by atoms with van der Waals surface area (Å²) >= 11 is 5.28. The molecule has 106 valence electrons. The predicted molar refractivity (Wildman–Crippen MR) is 52.2 cm³/mol. The van der Waals surface area contributed by atoms with E-state index in [1.807, 2.05) is 0 Å². The fraction of sp³-hybridized carbons (Fsp3) is 0.333. The highest BCUT2D eigenvalue weighted by Crippen LogP contribution is 2.33. The molecule has 0 aliphatic heterocycles. The fourth-order valence-electron chi connectivity index (χ4n) is 1.18. The number of hydrogen-bond donors (Lipinski definition) is 1. The predicted octanol–water partition coefficient (Wildman–Crippen LogP) is 3.20. The largest absolute Gasteiger partial charge is 0.574 e. The summed E-state index contributed by atoms with van der Waals surface area (Å²) in [4.78, 5) is 13.5. The van der Waals surface area contributed by atoms with Crippen molar-refractivity contribution in [1.82, 2.24) is 4.98 Å². The Morgan fingerprint density at radius 3 is 2.47 bits per heavy atom. The molecule has 1 rings (SSSR count). The molecule has 1 heterocycles. The molecule has 0 aliphatic rings. The molecule has 0 saturated carbocycles. The van der Waals surface area contributed by atoms with Crippen LogP contribution in [0.25, 0.3) is 0 Å². The van der Waals surface area contributed by atoms with Gasteiger partial charge in [0.05, 0.1) is 12.0 Å². The lowest BCUT2D eigenvalue weighted by atomic mass is 10.1. The van der Waals surface area contributed by atoms with Gasteiger partial charge in [-0.25, -0.2) is 13.8 Å². The van der Waals surface area contributed by atoms with E-state index in [9.17, 15) is 26.7 Å². The Bertz CT molecular complexity index is 491. The van der Waals surface area contributed by atoms with Crippen molar-refractivity contribution in [3.05, 3.63) is 22.3 Å². The van der Waals surface area contributed by atoms with Gasteiger partial charge in [0, 0.05) is 5.56 Å². The minimum Gasteiger partial charge on any atom is -0.481 e. The first-order chi connectivity index (χ1) is 8.60. The second-order valence-corrected chi connectivity index (χ2v) is 3.61. The summed E-state index contributed by atoms with van der Waals surface area (Å²) in [6.45, 7) is 0. The Balaban J connectivity index is 3.27. The Hall–Kier alpha value is -1.64. The van der Waals surface area contributed by atoms with Gasteiger partial charge in [-0.2, -0.15) is 0 Å². The lowest BCUT2D eigenvalue weighted by Gasteiger charge is -2.13. The molecular formula is C9H5ClF5NO3.